The van der Waals surface area contributed by atoms with Crippen molar-refractivity contribution >= 4 is 11.3 Å². The lowest BCUT2D eigenvalue weighted by molar-refractivity contribution is -0.134. The Bertz CT molecular complexity index is 550. The van der Waals surface area contributed by atoms with Gasteiger partial charge in [-0.2, -0.15) is 13.2 Å². The first-order valence-corrected chi connectivity index (χ1v) is 10.5. The van der Waals surface area contributed by atoms with Gasteiger partial charge in [0.15, 0.2) is 0 Å². The van der Waals surface area contributed by atoms with Gasteiger partial charge in [-0.1, -0.05) is 32.6 Å². The highest BCUT2D eigenvalue weighted by Crippen LogP contribution is 2.48. The molecule has 0 amide bonds. The molecule has 1 nitrogen and oxygen atoms in total. The SMILES string of the molecule is CCCC1CCC(C2CCC(O)(c3ccc(C(F)(F)F)s3)CC2)CC1. The van der Waals surface area contributed by atoms with Crippen molar-refractivity contribution in [1.82, 2.24) is 0 Å². The van der Waals surface area contributed by atoms with E-state index in [1.54, 1.807) is 0 Å². The fourth-order valence-corrected chi connectivity index (χ4v) is 5.95. The van der Waals surface area contributed by atoms with Gasteiger partial charge in [0.1, 0.15) is 4.88 Å². The molecule has 0 bridgehead atoms. The lowest BCUT2D eigenvalue weighted by Crippen LogP contribution is -2.34. The van der Waals surface area contributed by atoms with Gasteiger partial charge >= 0.3 is 6.18 Å². The summed E-state index contributed by atoms with van der Waals surface area (Å²) in [6.45, 7) is 2.25. The molecule has 0 unspecified atom stereocenters. The third kappa shape index (κ3) is 4.41. The fourth-order valence-electron chi connectivity index (χ4n) is 4.93. The van der Waals surface area contributed by atoms with Crippen LogP contribution in [0.25, 0.3) is 0 Å². The van der Waals surface area contributed by atoms with Crippen LogP contribution in [0.5, 0.6) is 0 Å². The molecule has 0 atom stereocenters. The van der Waals surface area contributed by atoms with Crippen LogP contribution in [0.2, 0.25) is 0 Å². The molecule has 0 radical (unpaired) electrons. The van der Waals surface area contributed by atoms with Gasteiger partial charge in [0.25, 0.3) is 0 Å². The molecule has 2 aliphatic carbocycles. The molecule has 3 rings (SSSR count). The molecule has 2 fully saturated rings. The summed E-state index contributed by atoms with van der Waals surface area (Å²) < 4.78 is 38.4. The summed E-state index contributed by atoms with van der Waals surface area (Å²) in [5, 5.41) is 10.9. The predicted octanol–water partition coefficient (Wildman–Crippen LogP) is 6.75. The third-order valence-electron chi connectivity index (χ3n) is 6.46. The quantitative estimate of drug-likeness (QED) is 0.618. The minimum absolute atomic E-state index is 0.491. The van der Waals surface area contributed by atoms with Gasteiger partial charge < -0.3 is 5.11 Å². The average Bonchev–Trinajstić information content (AvgIpc) is 3.08. The summed E-state index contributed by atoms with van der Waals surface area (Å²) in [5.74, 6) is 2.30. The molecule has 1 aromatic rings. The number of thiophene rings is 1. The first kappa shape index (κ1) is 19.2. The molecule has 1 aromatic heterocycles. The zero-order chi connectivity index (χ0) is 18.1. The van der Waals surface area contributed by atoms with Crippen LogP contribution >= 0.6 is 11.3 Å². The van der Waals surface area contributed by atoms with E-state index in [-0.39, 0.29) is 0 Å². The van der Waals surface area contributed by atoms with E-state index in [0.717, 1.165) is 30.7 Å². The summed E-state index contributed by atoms with van der Waals surface area (Å²) in [7, 11) is 0. The Morgan fingerprint density at radius 3 is 2.16 bits per heavy atom. The number of hydrogen-bond donors (Lipinski definition) is 1. The highest BCUT2D eigenvalue weighted by Gasteiger charge is 2.41. The normalized spacial score (nSPS) is 34.2. The Balaban J connectivity index is 1.55. The van der Waals surface area contributed by atoms with Crippen LogP contribution in [0.3, 0.4) is 0 Å². The van der Waals surface area contributed by atoms with Gasteiger partial charge in [0, 0.05) is 4.88 Å². The van der Waals surface area contributed by atoms with Gasteiger partial charge in [0.05, 0.1) is 5.60 Å². The molecule has 0 spiro atoms. The summed E-state index contributed by atoms with van der Waals surface area (Å²) in [4.78, 5) is -0.114. The molecule has 0 aromatic carbocycles. The fraction of sp³-hybridized carbons (Fsp3) is 0.800. The Morgan fingerprint density at radius 1 is 1.04 bits per heavy atom. The van der Waals surface area contributed by atoms with Crippen molar-refractivity contribution in [3.63, 3.8) is 0 Å². The molecule has 2 saturated carbocycles. The van der Waals surface area contributed by atoms with E-state index in [1.165, 1.54) is 44.6 Å². The maximum atomic E-state index is 12.8. The van der Waals surface area contributed by atoms with E-state index < -0.39 is 16.7 Å². The predicted molar refractivity (Wildman–Crippen MR) is 95.5 cm³/mol. The van der Waals surface area contributed by atoms with Crippen LogP contribution in [0.15, 0.2) is 12.1 Å². The second-order valence-electron chi connectivity index (χ2n) is 8.10. The van der Waals surface area contributed by atoms with E-state index in [4.69, 9.17) is 0 Å². The maximum Gasteiger partial charge on any atom is 0.425 e. The van der Waals surface area contributed by atoms with Gasteiger partial charge in [0.2, 0.25) is 0 Å². The summed E-state index contributed by atoms with van der Waals surface area (Å²) in [5.41, 5.74) is -1.05. The largest absolute Gasteiger partial charge is 0.425 e. The molecule has 0 aliphatic heterocycles. The van der Waals surface area contributed by atoms with Crippen LogP contribution in [0, 0.1) is 17.8 Å². The minimum atomic E-state index is -4.31. The Hall–Kier alpha value is -0.550. The molecule has 1 N–H and O–H groups in total. The van der Waals surface area contributed by atoms with Crippen molar-refractivity contribution in [1.29, 1.82) is 0 Å². The van der Waals surface area contributed by atoms with Crippen molar-refractivity contribution in [2.24, 2.45) is 17.8 Å². The van der Waals surface area contributed by atoms with Crippen LogP contribution < -0.4 is 0 Å². The number of alkyl halides is 3. The maximum absolute atomic E-state index is 12.8. The van der Waals surface area contributed by atoms with Crippen molar-refractivity contribution in [3.8, 4) is 0 Å². The van der Waals surface area contributed by atoms with Gasteiger partial charge in [-0.25, -0.2) is 0 Å². The van der Waals surface area contributed by atoms with Crippen molar-refractivity contribution in [2.45, 2.75) is 82.9 Å². The van der Waals surface area contributed by atoms with Crippen LogP contribution in [0.4, 0.5) is 13.2 Å². The summed E-state index contributed by atoms with van der Waals surface area (Å²) in [6.07, 6.45) is 6.65. The van der Waals surface area contributed by atoms with Crippen LogP contribution in [0.1, 0.15) is 80.9 Å². The second-order valence-corrected chi connectivity index (χ2v) is 9.18. The average molecular weight is 375 g/mol. The molecule has 142 valence electrons. The molecule has 2 aliphatic rings. The lowest BCUT2D eigenvalue weighted by atomic mass is 9.67. The van der Waals surface area contributed by atoms with E-state index in [0.29, 0.717) is 35.0 Å². The van der Waals surface area contributed by atoms with E-state index in [1.807, 2.05) is 0 Å². The summed E-state index contributed by atoms with van der Waals surface area (Å²) >= 11 is 0.713. The number of hydrogen-bond acceptors (Lipinski definition) is 2. The minimum Gasteiger partial charge on any atom is -0.384 e. The molecular weight excluding hydrogens is 345 g/mol. The first-order chi connectivity index (χ1) is 11.8. The van der Waals surface area contributed by atoms with E-state index in [2.05, 4.69) is 6.92 Å². The zero-order valence-corrected chi connectivity index (χ0v) is 15.8. The van der Waals surface area contributed by atoms with Crippen LogP contribution in [-0.4, -0.2) is 5.11 Å². The number of halogens is 3. The Morgan fingerprint density at radius 2 is 1.64 bits per heavy atom. The van der Waals surface area contributed by atoms with Crippen LogP contribution in [-0.2, 0) is 11.8 Å². The first-order valence-electron chi connectivity index (χ1n) is 9.71. The summed E-state index contributed by atoms with van der Waals surface area (Å²) in [6, 6.07) is 2.59. The highest BCUT2D eigenvalue weighted by molar-refractivity contribution is 7.12. The van der Waals surface area contributed by atoms with E-state index in [9.17, 15) is 18.3 Å². The molecular formula is C20H29F3OS. The van der Waals surface area contributed by atoms with Gasteiger partial charge in [-0.05, 0) is 68.4 Å². The molecule has 25 heavy (non-hydrogen) atoms. The zero-order valence-electron chi connectivity index (χ0n) is 14.9. The third-order valence-corrected chi connectivity index (χ3v) is 7.78. The topological polar surface area (TPSA) is 20.2 Å². The molecule has 5 heteroatoms. The van der Waals surface area contributed by atoms with Crippen molar-refractivity contribution in [3.05, 3.63) is 21.9 Å². The van der Waals surface area contributed by atoms with Crippen molar-refractivity contribution in [2.75, 3.05) is 0 Å². The number of rotatable bonds is 4. The molecule has 1 heterocycles. The molecule has 0 saturated heterocycles. The Kier molecular flexibility index (Phi) is 5.84. The van der Waals surface area contributed by atoms with Gasteiger partial charge in [-0.3, -0.25) is 0 Å². The van der Waals surface area contributed by atoms with Gasteiger partial charge in [-0.15, -0.1) is 11.3 Å². The number of aliphatic hydroxyl groups is 1. The second kappa shape index (κ2) is 7.59. The van der Waals surface area contributed by atoms with Crippen molar-refractivity contribution < 1.29 is 18.3 Å². The van der Waals surface area contributed by atoms with E-state index >= 15 is 0 Å². The Labute approximate surface area is 152 Å². The smallest absolute Gasteiger partial charge is 0.384 e. The lowest BCUT2D eigenvalue weighted by Gasteiger charge is -2.41. The monoisotopic (exact) mass is 374 g/mol. The standard InChI is InChI=1S/C20H29F3OS/c1-2-3-14-4-6-15(7-5-14)16-10-12-19(24,13-11-16)17-8-9-18(25-17)20(21,22)23/h8-9,14-16,24H,2-7,10-13H2,1H3. The highest BCUT2D eigenvalue weighted by atomic mass is 32.1.